The number of para-hydroxylation sites is 1. The topological polar surface area (TPSA) is 90.6 Å². The zero-order valence-electron chi connectivity index (χ0n) is 16.2. The number of aliphatic hydroxyl groups is 1. The van der Waals surface area contributed by atoms with Gasteiger partial charge < -0.3 is 14.7 Å². The van der Waals surface area contributed by atoms with Gasteiger partial charge in [0.25, 0.3) is 0 Å². The number of sulfone groups is 1. The highest BCUT2D eigenvalue weighted by molar-refractivity contribution is 7.90. The van der Waals surface area contributed by atoms with Gasteiger partial charge in [0.1, 0.15) is 27.3 Å². The van der Waals surface area contributed by atoms with Gasteiger partial charge in [-0.1, -0.05) is 18.2 Å². The molecule has 2 aromatic carbocycles. The average Bonchev–Trinajstić information content (AvgIpc) is 2.64. The smallest absolute Gasteiger partial charge is 0.149 e. The lowest BCUT2D eigenvalue weighted by molar-refractivity contribution is -0.0585. The van der Waals surface area contributed by atoms with E-state index < -0.39 is 27.6 Å². The Morgan fingerprint density at radius 3 is 2.50 bits per heavy atom. The van der Waals surface area contributed by atoms with E-state index in [-0.39, 0.29) is 12.3 Å². The van der Waals surface area contributed by atoms with Crippen LogP contribution in [0.15, 0.2) is 48.5 Å². The second-order valence-corrected chi connectivity index (χ2v) is 9.88. The molecule has 0 aromatic heterocycles. The minimum Gasteiger partial charge on any atom is -0.485 e. The van der Waals surface area contributed by atoms with E-state index >= 15 is 0 Å². The summed E-state index contributed by atoms with van der Waals surface area (Å²) in [5, 5.41) is 20.5. The van der Waals surface area contributed by atoms with Crippen molar-refractivity contribution in [2.75, 3.05) is 23.5 Å². The quantitative estimate of drug-likeness (QED) is 0.830. The van der Waals surface area contributed by atoms with Crippen LogP contribution in [0, 0.1) is 11.3 Å². The molecule has 28 heavy (non-hydrogen) atoms. The van der Waals surface area contributed by atoms with Crippen LogP contribution in [0.1, 0.15) is 31.0 Å². The van der Waals surface area contributed by atoms with Crippen molar-refractivity contribution in [1.29, 1.82) is 5.26 Å². The molecule has 3 rings (SSSR count). The summed E-state index contributed by atoms with van der Waals surface area (Å²) in [5.74, 6) is 0.527. The summed E-state index contributed by atoms with van der Waals surface area (Å²) in [6, 6.07) is 16.0. The largest absolute Gasteiger partial charge is 0.485 e. The number of benzene rings is 2. The molecule has 2 aromatic rings. The van der Waals surface area contributed by atoms with E-state index in [9.17, 15) is 18.8 Å². The maximum atomic E-state index is 11.8. The first kappa shape index (κ1) is 20.2. The summed E-state index contributed by atoms with van der Waals surface area (Å²) >= 11 is 0. The molecule has 1 unspecified atom stereocenters. The maximum Gasteiger partial charge on any atom is 0.149 e. The molecule has 0 radical (unpaired) electrons. The molecule has 0 amide bonds. The van der Waals surface area contributed by atoms with E-state index in [1.54, 1.807) is 32.0 Å². The van der Waals surface area contributed by atoms with Gasteiger partial charge in [-0.05, 0) is 44.2 Å². The van der Waals surface area contributed by atoms with Crippen molar-refractivity contribution in [1.82, 2.24) is 0 Å². The van der Waals surface area contributed by atoms with Crippen molar-refractivity contribution in [3.8, 4) is 11.8 Å². The summed E-state index contributed by atoms with van der Waals surface area (Å²) in [6.07, 6.45) is 0.260. The lowest BCUT2D eigenvalue weighted by atomic mass is 9.84. The first-order chi connectivity index (χ1) is 13.1. The number of hydrogen-bond donors (Lipinski definition) is 1. The molecule has 0 fully saturated rings. The van der Waals surface area contributed by atoms with Crippen LogP contribution in [-0.4, -0.2) is 43.8 Å². The van der Waals surface area contributed by atoms with Crippen LogP contribution in [0.2, 0.25) is 0 Å². The summed E-state index contributed by atoms with van der Waals surface area (Å²) in [7, 11) is -3.21. The third kappa shape index (κ3) is 4.13. The molecule has 7 heteroatoms. The molecule has 0 saturated heterocycles. The molecule has 1 heterocycles. The van der Waals surface area contributed by atoms with E-state index in [1.807, 2.05) is 35.2 Å². The van der Waals surface area contributed by atoms with Crippen LogP contribution in [0.4, 0.5) is 5.69 Å². The normalized spacial score (nSPS) is 20.5. The highest BCUT2D eigenvalue weighted by Crippen LogP contribution is 2.44. The van der Waals surface area contributed by atoms with Crippen molar-refractivity contribution in [2.45, 2.75) is 31.6 Å². The lowest BCUT2D eigenvalue weighted by Crippen LogP contribution is -2.54. The van der Waals surface area contributed by atoms with Gasteiger partial charge in [0, 0.05) is 24.1 Å². The Bertz CT molecular complexity index is 997. The van der Waals surface area contributed by atoms with Gasteiger partial charge in [0.2, 0.25) is 0 Å². The standard InChI is InChI=1S/C21H24N2O4S/c1-21(2)20(24)19(17-13-15(14-22)9-10-18(17)27-21)23(11-12-28(3,25)26)16-7-5-4-6-8-16/h4-10,13,19-20,24H,11-12H2,1-3H3/t19?,20-/m1/s1. The zero-order valence-corrected chi connectivity index (χ0v) is 17.0. The zero-order chi connectivity index (χ0) is 20.5. The van der Waals surface area contributed by atoms with E-state index in [2.05, 4.69) is 6.07 Å². The van der Waals surface area contributed by atoms with Crippen molar-refractivity contribution in [3.05, 3.63) is 59.7 Å². The van der Waals surface area contributed by atoms with Crippen molar-refractivity contribution in [2.24, 2.45) is 0 Å². The highest BCUT2D eigenvalue weighted by Gasteiger charge is 2.45. The van der Waals surface area contributed by atoms with Crippen LogP contribution < -0.4 is 9.64 Å². The third-order valence-electron chi connectivity index (χ3n) is 4.97. The highest BCUT2D eigenvalue weighted by atomic mass is 32.2. The molecule has 0 aliphatic carbocycles. The van der Waals surface area contributed by atoms with E-state index in [0.717, 1.165) is 5.69 Å². The van der Waals surface area contributed by atoms with Crippen LogP contribution in [0.3, 0.4) is 0 Å². The third-order valence-corrected chi connectivity index (χ3v) is 5.89. The second kappa shape index (κ2) is 7.46. The Labute approximate surface area is 165 Å². The Morgan fingerprint density at radius 2 is 1.89 bits per heavy atom. The number of aliphatic hydroxyl groups excluding tert-OH is 1. The van der Waals surface area contributed by atoms with Gasteiger partial charge in [-0.2, -0.15) is 5.26 Å². The van der Waals surface area contributed by atoms with Crippen molar-refractivity contribution in [3.63, 3.8) is 0 Å². The SMILES string of the molecule is CC1(C)Oc2ccc(C#N)cc2C(N(CCS(C)(=O)=O)c2ccccc2)[C@H]1O. The fraction of sp³-hybridized carbons (Fsp3) is 0.381. The minimum absolute atomic E-state index is 0.0559. The molecule has 1 N–H and O–H groups in total. The Morgan fingerprint density at radius 1 is 1.21 bits per heavy atom. The Balaban J connectivity index is 2.15. The molecule has 0 spiro atoms. The summed E-state index contributed by atoms with van der Waals surface area (Å²) in [4.78, 5) is 1.88. The van der Waals surface area contributed by atoms with Gasteiger partial charge in [-0.15, -0.1) is 0 Å². The summed E-state index contributed by atoms with van der Waals surface area (Å²) in [5.41, 5.74) is 1.03. The number of anilines is 1. The number of ether oxygens (including phenoxy) is 1. The van der Waals surface area contributed by atoms with E-state index in [1.165, 1.54) is 6.26 Å². The predicted octanol–water partition coefficient (Wildman–Crippen LogP) is 2.68. The van der Waals surface area contributed by atoms with Crippen LogP contribution >= 0.6 is 0 Å². The predicted molar refractivity (Wildman–Crippen MR) is 108 cm³/mol. The lowest BCUT2D eigenvalue weighted by Gasteiger charge is -2.47. The maximum absolute atomic E-state index is 11.8. The molecular weight excluding hydrogens is 376 g/mol. The fourth-order valence-corrected chi connectivity index (χ4v) is 4.02. The van der Waals surface area contributed by atoms with Gasteiger partial charge in [-0.25, -0.2) is 8.42 Å². The van der Waals surface area contributed by atoms with Gasteiger partial charge in [0.15, 0.2) is 0 Å². The van der Waals surface area contributed by atoms with E-state index in [4.69, 9.17) is 4.74 Å². The summed E-state index contributed by atoms with van der Waals surface area (Å²) < 4.78 is 29.7. The van der Waals surface area contributed by atoms with Crippen LogP contribution in [-0.2, 0) is 9.84 Å². The van der Waals surface area contributed by atoms with Gasteiger partial charge in [-0.3, -0.25) is 0 Å². The molecule has 1 aliphatic rings. The molecule has 148 valence electrons. The van der Waals surface area contributed by atoms with Crippen molar-refractivity contribution >= 4 is 15.5 Å². The first-order valence-electron chi connectivity index (χ1n) is 9.03. The number of rotatable bonds is 5. The van der Waals surface area contributed by atoms with Crippen LogP contribution in [0.25, 0.3) is 0 Å². The van der Waals surface area contributed by atoms with Crippen molar-refractivity contribution < 1.29 is 18.3 Å². The molecule has 6 nitrogen and oxygen atoms in total. The number of nitrogens with zero attached hydrogens (tertiary/aromatic N) is 2. The van der Waals surface area contributed by atoms with E-state index in [0.29, 0.717) is 16.9 Å². The van der Waals surface area contributed by atoms with Gasteiger partial charge in [0.05, 0.1) is 23.4 Å². The first-order valence-corrected chi connectivity index (χ1v) is 11.1. The molecular formula is C21H24N2O4S. The molecule has 0 bridgehead atoms. The van der Waals surface area contributed by atoms with Gasteiger partial charge >= 0.3 is 0 Å². The number of hydrogen-bond acceptors (Lipinski definition) is 6. The monoisotopic (exact) mass is 400 g/mol. The molecule has 1 aliphatic heterocycles. The fourth-order valence-electron chi connectivity index (χ4n) is 3.49. The minimum atomic E-state index is -3.21. The average molecular weight is 401 g/mol. The molecule has 0 saturated carbocycles. The Kier molecular flexibility index (Phi) is 5.37. The Hall–Kier alpha value is -2.56. The van der Waals surface area contributed by atoms with Crippen LogP contribution in [0.5, 0.6) is 5.75 Å². The number of fused-ring (bicyclic) bond motifs is 1. The summed E-state index contributed by atoms with van der Waals surface area (Å²) in [6.45, 7) is 3.80. The number of nitriles is 1. The molecule has 2 atom stereocenters. The second-order valence-electron chi connectivity index (χ2n) is 7.62.